The Hall–Kier alpha value is -4.41. The second-order valence-corrected chi connectivity index (χ2v) is 7.32. The Morgan fingerprint density at radius 3 is 2.94 bits per heavy atom. The molecule has 0 aromatic carbocycles. The van der Waals surface area contributed by atoms with Crippen molar-refractivity contribution < 1.29 is 13.6 Å². The first-order chi connectivity index (χ1) is 15.7. The molecule has 10 nitrogen and oxygen atoms in total. The maximum atomic E-state index is 14.3. The highest BCUT2D eigenvalue weighted by Crippen LogP contribution is 2.34. The van der Waals surface area contributed by atoms with Crippen molar-refractivity contribution in [1.82, 2.24) is 39.7 Å². The quantitative estimate of drug-likeness (QED) is 0.467. The molecule has 1 aliphatic heterocycles. The molecule has 1 atom stereocenters. The zero-order valence-electron chi connectivity index (χ0n) is 16.5. The second-order valence-electron chi connectivity index (χ2n) is 7.32. The number of hydrogen-bond acceptors (Lipinski definition) is 7. The lowest BCUT2D eigenvalue weighted by molar-refractivity contribution is 0.0646. The van der Waals surface area contributed by atoms with Crippen LogP contribution in [0.25, 0.3) is 17.0 Å². The first kappa shape index (κ1) is 18.4. The molecule has 0 fully saturated rings. The number of H-pyrrole nitrogens is 1. The SMILES string of the molecule is O=C(c1nnc(-c2ccncc2)o1)N1CCc2[nH]cnc2[C@@H]1c1cc2c(F)cccn2n1. The number of pyridine rings is 2. The van der Waals surface area contributed by atoms with Gasteiger partial charge in [-0.3, -0.25) is 9.78 Å². The lowest BCUT2D eigenvalue weighted by atomic mass is 9.99. The summed E-state index contributed by atoms with van der Waals surface area (Å²) < 4.78 is 21.4. The fourth-order valence-corrected chi connectivity index (χ4v) is 3.97. The lowest BCUT2D eigenvalue weighted by Gasteiger charge is -2.32. The summed E-state index contributed by atoms with van der Waals surface area (Å²) >= 11 is 0. The van der Waals surface area contributed by atoms with Crippen LogP contribution < -0.4 is 0 Å². The molecule has 1 amide bonds. The van der Waals surface area contributed by atoms with Crippen molar-refractivity contribution in [3.8, 4) is 11.5 Å². The van der Waals surface area contributed by atoms with Crippen molar-refractivity contribution in [2.45, 2.75) is 12.5 Å². The topological polar surface area (TPSA) is 118 Å². The monoisotopic (exact) mass is 430 g/mol. The Morgan fingerprint density at radius 2 is 2.09 bits per heavy atom. The zero-order valence-corrected chi connectivity index (χ0v) is 16.5. The summed E-state index contributed by atoms with van der Waals surface area (Å²) in [5.74, 6) is -0.773. The van der Waals surface area contributed by atoms with Gasteiger partial charge in [0.05, 0.1) is 17.7 Å². The van der Waals surface area contributed by atoms with Crippen molar-refractivity contribution in [3.05, 3.63) is 84.0 Å². The van der Waals surface area contributed by atoms with Crippen LogP contribution in [0.15, 0.2) is 59.7 Å². The van der Waals surface area contributed by atoms with Gasteiger partial charge in [0.2, 0.25) is 5.89 Å². The second kappa shape index (κ2) is 7.08. The van der Waals surface area contributed by atoms with Gasteiger partial charge in [-0.1, -0.05) is 0 Å². The average Bonchev–Trinajstić information content (AvgIpc) is 3.58. The highest BCUT2D eigenvalue weighted by atomic mass is 19.1. The molecule has 1 aliphatic rings. The highest BCUT2D eigenvalue weighted by Gasteiger charge is 2.38. The largest absolute Gasteiger partial charge is 0.412 e. The van der Waals surface area contributed by atoms with Gasteiger partial charge in [0.15, 0.2) is 0 Å². The maximum absolute atomic E-state index is 14.3. The Kier molecular flexibility index (Phi) is 4.06. The van der Waals surface area contributed by atoms with Crippen LogP contribution in [0, 0.1) is 5.82 Å². The number of halogens is 1. The number of aromatic amines is 1. The summed E-state index contributed by atoms with van der Waals surface area (Å²) in [6, 6.07) is 7.36. The number of carbonyl (C=O) groups excluding carboxylic acids is 1. The van der Waals surface area contributed by atoms with E-state index < -0.39 is 17.8 Å². The van der Waals surface area contributed by atoms with E-state index in [4.69, 9.17) is 4.42 Å². The van der Waals surface area contributed by atoms with Crippen molar-refractivity contribution in [2.75, 3.05) is 6.54 Å². The molecule has 158 valence electrons. The molecule has 0 unspecified atom stereocenters. The third-order valence-electron chi connectivity index (χ3n) is 5.47. The summed E-state index contributed by atoms with van der Waals surface area (Å²) in [6.45, 7) is 0.377. The van der Waals surface area contributed by atoms with Crippen molar-refractivity contribution in [1.29, 1.82) is 0 Å². The lowest BCUT2D eigenvalue weighted by Crippen LogP contribution is -2.41. The number of imidazole rings is 1. The minimum Gasteiger partial charge on any atom is -0.412 e. The zero-order chi connectivity index (χ0) is 21.7. The normalized spacial score (nSPS) is 15.8. The van der Waals surface area contributed by atoms with Gasteiger partial charge in [0, 0.05) is 42.8 Å². The van der Waals surface area contributed by atoms with E-state index in [1.807, 2.05) is 0 Å². The molecule has 0 saturated carbocycles. The van der Waals surface area contributed by atoms with E-state index in [0.717, 1.165) is 5.69 Å². The summed E-state index contributed by atoms with van der Waals surface area (Å²) in [7, 11) is 0. The molecular formula is C21H15FN8O2. The first-order valence-electron chi connectivity index (χ1n) is 9.90. The van der Waals surface area contributed by atoms with E-state index in [1.54, 1.807) is 54.1 Å². The minimum atomic E-state index is -0.631. The Morgan fingerprint density at radius 1 is 1.22 bits per heavy atom. The highest BCUT2D eigenvalue weighted by molar-refractivity contribution is 5.90. The van der Waals surface area contributed by atoms with Crippen molar-refractivity contribution in [2.24, 2.45) is 0 Å². The Labute approximate surface area is 179 Å². The molecule has 6 rings (SSSR count). The van der Waals surface area contributed by atoms with Crippen LogP contribution in [0.1, 0.15) is 33.8 Å². The van der Waals surface area contributed by atoms with Crippen molar-refractivity contribution >= 4 is 11.4 Å². The number of nitrogens with zero attached hydrogens (tertiary/aromatic N) is 7. The van der Waals surface area contributed by atoms with E-state index in [-0.39, 0.29) is 11.8 Å². The maximum Gasteiger partial charge on any atom is 0.312 e. The molecule has 0 radical (unpaired) electrons. The number of rotatable bonds is 3. The van der Waals surface area contributed by atoms with Gasteiger partial charge in [0.1, 0.15) is 17.4 Å². The van der Waals surface area contributed by atoms with Gasteiger partial charge in [-0.05, 0) is 30.3 Å². The summed E-state index contributed by atoms with van der Waals surface area (Å²) in [6.07, 6.45) is 7.01. The number of nitrogens with one attached hydrogen (secondary N) is 1. The van der Waals surface area contributed by atoms with Gasteiger partial charge in [0.25, 0.3) is 0 Å². The van der Waals surface area contributed by atoms with Crippen LogP contribution in [0.3, 0.4) is 0 Å². The molecule has 0 spiro atoms. The number of aromatic nitrogens is 7. The van der Waals surface area contributed by atoms with Gasteiger partial charge in [-0.25, -0.2) is 13.9 Å². The Balaban J connectivity index is 1.41. The van der Waals surface area contributed by atoms with Crippen molar-refractivity contribution in [3.63, 3.8) is 0 Å². The standard InChI is InChI=1S/C21H15FN8O2/c22-13-2-1-8-30-16(13)10-15(28-30)18-17-14(24-11-25-17)5-9-29(18)21(31)20-27-26-19(32-20)12-3-6-23-7-4-12/h1-4,6-8,10-11,18H,5,9H2,(H,24,25)/t18-/m0/s1. The van der Waals surface area contributed by atoms with E-state index in [1.165, 1.54) is 10.6 Å². The third-order valence-corrected chi connectivity index (χ3v) is 5.47. The molecule has 6 heterocycles. The molecule has 5 aromatic heterocycles. The van der Waals surface area contributed by atoms with Gasteiger partial charge < -0.3 is 14.3 Å². The van der Waals surface area contributed by atoms with Crippen LogP contribution in [0.4, 0.5) is 4.39 Å². The van der Waals surface area contributed by atoms with Gasteiger partial charge in [-0.2, -0.15) is 5.10 Å². The van der Waals surface area contributed by atoms with Crippen LogP contribution >= 0.6 is 0 Å². The summed E-state index contributed by atoms with van der Waals surface area (Å²) in [5.41, 5.74) is 3.02. The van der Waals surface area contributed by atoms with E-state index in [0.29, 0.717) is 35.4 Å². The van der Waals surface area contributed by atoms with Crippen LogP contribution in [-0.2, 0) is 6.42 Å². The number of fused-ring (bicyclic) bond motifs is 2. The van der Waals surface area contributed by atoms with E-state index in [2.05, 4.69) is 30.2 Å². The number of carbonyl (C=O) groups is 1. The molecule has 32 heavy (non-hydrogen) atoms. The van der Waals surface area contributed by atoms with E-state index in [9.17, 15) is 9.18 Å². The molecule has 11 heteroatoms. The summed E-state index contributed by atoms with van der Waals surface area (Å²) in [5, 5.41) is 12.5. The molecule has 0 aliphatic carbocycles. The minimum absolute atomic E-state index is 0.143. The van der Waals surface area contributed by atoms with Gasteiger partial charge in [-0.15, -0.1) is 10.2 Å². The fraction of sp³-hybridized carbons (Fsp3) is 0.143. The molecular weight excluding hydrogens is 415 g/mol. The Bertz CT molecular complexity index is 1440. The average molecular weight is 430 g/mol. The van der Waals surface area contributed by atoms with Crippen LogP contribution in [-0.4, -0.2) is 52.1 Å². The molecule has 5 aromatic rings. The predicted octanol–water partition coefficient (Wildman–Crippen LogP) is 2.43. The fourth-order valence-electron chi connectivity index (χ4n) is 3.97. The molecule has 1 N–H and O–H groups in total. The molecule has 0 bridgehead atoms. The third kappa shape index (κ3) is 2.86. The summed E-state index contributed by atoms with van der Waals surface area (Å²) in [4.78, 5) is 26.5. The molecule has 0 saturated heterocycles. The van der Waals surface area contributed by atoms with E-state index >= 15 is 0 Å². The number of hydrogen-bond donors (Lipinski definition) is 1. The number of amides is 1. The smallest absolute Gasteiger partial charge is 0.312 e. The van der Waals surface area contributed by atoms with Gasteiger partial charge >= 0.3 is 11.8 Å². The van der Waals surface area contributed by atoms with Crippen LogP contribution in [0.2, 0.25) is 0 Å². The van der Waals surface area contributed by atoms with Crippen LogP contribution in [0.5, 0.6) is 0 Å². The first-order valence-corrected chi connectivity index (χ1v) is 9.90. The predicted molar refractivity (Wildman–Crippen MR) is 108 cm³/mol.